The van der Waals surface area contributed by atoms with Crippen molar-refractivity contribution in [2.75, 3.05) is 5.32 Å². The first kappa shape index (κ1) is 20.0. The number of aromatic nitrogens is 7. The molecule has 4 aromatic heterocycles. The number of hydrogen-bond donors (Lipinski definition) is 3. The van der Waals surface area contributed by atoms with Gasteiger partial charge in [0, 0.05) is 48.7 Å². The van der Waals surface area contributed by atoms with Gasteiger partial charge >= 0.3 is 0 Å². The number of aromatic amines is 1. The largest absolute Gasteiger partial charge is 0.365 e. The van der Waals surface area contributed by atoms with Crippen LogP contribution in [0, 0.1) is 5.82 Å². The summed E-state index contributed by atoms with van der Waals surface area (Å²) in [5.74, 6) is -0.202. The van der Waals surface area contributed by atoms with E-state index >= 15 is 0 Å². The highest BCUT2D eigenvalue weighted by atomic mass is 19.1. The number of anilines is 1. The highest BCUT2D eigenvalue weighted by molar-refractivity contribution is 5.92. The summed E-state index contributed by atoms with van der Waals surface area (Å²) in [7, 11) is 1.82. The Morgan fingerprint density at radius 3 is 2.94 bits per heavy atom. The summed E-state index contributed by atoms with van der Waals surface area (Å²) in [6.07, 6.45) is 12.6. The second kappa shape index (κ2) is 8.33. The van der Waals surface area contributed by atoms with Gasteiger partial charge in [0.25, 0.3) is 5.91 Å². The van der Waals surface area contributed by atoms with Gasteiger partial charge in [-0.3, -0.25) is 4.79 Å². The molecule has 1 fully saturated rings. The van der Waals surface area contributed by atoms with Crippen LogP contribution in [0.1, 0.15) is 36.2 Å². The Balaban J connectivity index is 1.30. The quantitative estimate of drug-likeness (QED) is 0.439. The number of halogens is 1. The molecule has 0 aromatic carbocycles. The standard InChI is InChI=1S/C21H22FN9O/c1-31-9-17(27-11-31)21(32)29-13-4-2-3-12(5-13)28-20-16(22)8-25-19(30-20)15-7-24-18-14(15)6-23-10-26-18/h6-13H,2-5H2,1H3,(H,29,32)(H,23,24,26)(H,25,28,30)/t12-,13+/m1/s1. The first-order chi connectivity index (χ1) is 15.6. The number of nitrogens with one attached hydrogen (secondary N) is 3. The summed E-state index contributed by atoms with van der Waals surface area (Å²) in [6, 6.07) is -0.0489. The molecule has 10 nitrogen and oxygen atoms in total. The predicted octanol–water partition coefficient (Wildman–Crippen LogP) is 2.44. The maximum atomic E-state index is 14.5. The molecule has 5 rings (SSSR count). The zero-order chi connectivity index (χ0) is 22.1. The van der Waals surface area contributed by atoms with Gasteiger partial charge in [0.1, 0.15) is 17.7 Å². The number of carbonyl (C=O) groups is 1. The smallest absolute Gasteiger partial charge is 0.271 e. The number of amides is 1. The molecule has 1 amide bonds. The Labute approximate surface area is 182 Å². The van der Waals surface area contributed by atoms with Crippen LogP contribution in [0.15, 0.2) is 37.4 Å². The van der Waals surface area contributed by atoms with Crippen LogP contribution >= 0.6 is 0 Å². The summed E-state index contributed by atoms with van der Waals surface area (Å²) in [4.78, 5) is 36.3. The zero-order valence-corrected chi connectivity index (χ0v) is 17.4. The summed E-state index contributed by atoms with van der Waals surface area (Å²) in [5, 5.41) is 7.01. The lowest BCUT2D eigenvalue weighted by Crippen LogP contribution is -2.42. The van der Waals surface area contributed by atoms with E-state index in [4.69, 9.17) is 0 Å². The van der Waals surface area contributed by atoms with Crippen LogP contribution in [0.25, 0.3) is 22.4 Å². The SMILES string of the molecule is Cn1cnc(C(=O)N[C@H]2CCC[C@@H](Nc3nc(-c4c[nH]c5ncncc45)ncc3F)C2)c1. The summed E-state index contributed by atoms with van der Waals surface area (Å²) in [6.45, 7) is 0. The number of rotatable bonds is 5. The highest BCUT2D eigenvalue weighted by Crippen LogP contribution is 2.27. The Kier molecular flexibility index (Phi) is 5.21. The molecule has 0 unspecified atom stereocenters. The number of imidazole rings is 1. The van der Waals surface area contributed by atoms with Crippen molar-refractivity contribution in [3.63, 3.8) is 0 Å². The second-order valence-corrected chi connectivity index (χ2v) is 7.98. The minimum Gasteiger partial charge on any atom is -0.365 e. The fourth-order valence-electron chi connectivity index (χ4n) is 4.08. The van der Waals surface area contributed by atoms with Crippen LogP contribution in [-0.2, 0) is 7.05 Å². The fraction of sp³-hybridized carbons (Fsp3) is 0.333. The van der Waals surface area contributed by atoms with Crippen molar-refractivity contribution in [1.82, 2.24) is 39.8 Å². The Morgan fingerprint density at radius 2 is 2.09 bits per heavy atom. The summed E-state index contributed by atoms with van der Waals surface area (Å²) in [5.41, 5.74) is 1.75. The molecule has 0 spiro atoms. The van der Waals surface area contributed by atoms with Crippen LogP contribution < -0.4 is 10.6 Å². The van der Waals surface area contributed by atoms with Crippen molar-refractivity contribution in [3.8, 4) is 11.4 Å². The fourth-order valence-corrected chi connectivity index (χ4v) is 4.08. The van der Waals surface area contributed by atoms with Crippen LogP contribution in [0.2, 0.25) is 0 Å². The van der Waals surface area contributed by atoms with E-state index in [9.17, 15) is 9.18 Å². The number of aryl methyl sites for hydroxylation is 1. The molecule has 164 valence electrons. The maximum absolute atomic E-state index is 14.5. The van der Waals surface area contributed by atoms with Gasteiger partial charge < -0.3 is 20.2 Å². The molecule has 0 aliphatic heterocycles. The van der Waals surface area contributed by atoms with Gasteiger partial charge in [0.05, 0.1) is 12.5 Å². The van der Waals surface area contributed by atoms with Gasteiger partial charge in [-0.25, -0.2) is 29.3 Å². The number of hydrogen-bond acceptors (Lipinski definition) is 7. The number of fused-ring (bicyclic) bond motifs is 1. The lowest BCUT2D eigenvalue weighted by Gasteiger charge is -2.30. The molecule has 1 saturated carbocycles. The van der Waals surface area contributed by atoms with E-state index in [2.05, 4.69) is 40.5 Å². The van der Waals surface area contributed by atoms with Gasteiger partial charge in [0.15, 0.2) is 17.5 Å². The van der Waals surface area contributed by atoms with Gasteiger partial charge in [-0.2, -0.15) is 0 Å². The lowest BCUT2D eigenvalue weighted by atomic mass is 9.91. The minimum absolute atomic E-state index is 0.0223. The molecule has 4 aromatic rings. The Hall–Kier alpha value is -3.89. The third kappa shape index (κ3) is 4.01. The number of H-pyrrole nitrogens is 1. The van der Waals surface area contributed by atoms with Crippen molar-refractivity contribution in [1.29, 1.82) is 0 Å². The molecule has 1 aliphatic rings. The highest BCUT2D eigenvalue weighted by Gasteiger charge is 2.25. The molecule has 0 radical (unpaired) electrons. The van der Waals surface area contributed by atoms with Crippen molar-refractivity contribution in [3.05, 3.63) is 49.0 Å². The van der Waals surface area contributed by atoms with Crippen molar-refractivity contribution in [2.24, 2.45) is 7.05 Å². The van der Waals surface area contributed by atoms with E-state index in [1.165, 1.54) is 6.33 Å². The van der Waals surface area contributed by atoms with E-state index in [1.54, 1.807) is 29.5 Å². The molecule has 11 heteroatoms. The summed E-state index contributed by atoms with van der Waals surface area (Å²) < 4.78 is 16.2. The monoisotopic (exact) mass is 435 g/mol. The van der Waals surface area contributed by atoms with E-state index in [0.717, 1.165) is 30.8 Å². The van der Waals surface area contributed by atoms with Crippen LogP contribution in [0.5, 0.6) is 0 Å². The van der Waals surface area contributed by atoms with Crippen molar-refractivity contribution < 1.29 is 9.18 Å². The van der Waals surface area contributed by atoms with Crippen molar-refractivity contribution in [2.45, 2.75) is 37.8 Å². The lowest BCUT2D eigenvalue weighted by molar-refractivity contribution is 0.0921. The third-order valence-electron chi connectivity index (χ3n) is 5.63. The van der Waals surface area contributed by atoms with Gasteiger partial charge in [-0.05, 0) is 25.7 Å². The first-order valence-corrected chi connectivity index (χ1v) is 10.4. The Morgan fingerprint density at radius 1 is 1.22 bits per heavy atom. The first-order valence-electron chi connectivity index (χ1n) is 10.4. The van der Waals surface area contributed by atoms with Crippen molar-refractivity contribution >= 4 is 22.8 Å². The third-order valence-corrected chi connectivity index (χ3v) is 5.63. The molecule has 0 saturated heterocycles. The molecule has 4 heterocycles. The van der Waals surface area contributed by atoms with Crippen LogP contribution in [0.4, 0.5) is 10.2 Å². The van der Waals surface area contributed by atoms with E-state index in [1.807, 2.05) is 7.05 Å². The van der Waals surface area contributed by atoms with E-state index in [-0.39, 0.29) is 23.8 Å². The van der Waals surface area contributed by atoms with Crippen LogP contribution in [-0.4, -0.2) is 52.5 Å². The molecule has 3 N–H and O–H groups in total. The molecular weight excluding hydrogens is 413 g/mol. The van der Waals surface area contributed by atoms with Gasteiger partial charge in [0.2, 0.25) is 0 Å². The Bertz CT molecular complexity index is 1270. The van der Waals surface area contributed by atoms with E-state index in [0.29, 0.717) is 29.1 Å². The second-order valence-electron chi connectivity index (χ2n) is 7.98. The number of carbonyl (C=O) groups excluding carboxylic acids is 1. The maximum Gasteiger partial charge on any atom is 0.271 e. The average Bonchev–Trinajstić information content (AvgIpc) is 3.42. The topological polar surface area (TPSA) is 126 Å². The van der Waals surface area contributed by atoms with Gasteiger partial charge in [-0.15, -0.1) is 0 Å². The normalized spacial score (nSPS) is 18.6. The average molecular weight is 435 g/mol. The molecule has 2 atom stereocenters. The summed E-state index contributed by atoms with van der Waals surface area (Å²) >= 11 is 0. The molecular formula is C21H22FN9O. The molecule has 0 bridgehead atoms. The van der Waals surface area contributed by atoms with Crippen LogP contribution in [0.3, 0.4) is 0 Å². The number of nitrogens with zero attached hydrogens (tertiary/aromatic N) is 6. The minimum atomic E-state index is -0.524. The molecule has 1 aliphatic carbocycles. The zero-order valence-electron chi connectivity index (χ0n) is 17.4. The molecule has 32 heavy (non-hydrogen) atoms. The van der Waals surface area contributed by atoms with E-state index < -0.39 is 5.82 Å². The predicted molar refractivity (Wildman–Crippen MR) is 115 cm³/mol. The van der Waals surface area contributed by atoms with Gasteiger partial charge in [-0.1, -0.05) is 0 Å².